The van der Waals surface area contributed by atoms with Crippen molar-refractivity contribution in [1.29, 1.82) is 0 Å². The van der Waals surface area contributed by atoms with Crippen molar-refractivity contribution < 1.29 is 28.7 Å². The Balaban J connectivity index is 1.33. The Bertz CT molecular complexity index is 1810. The summed E-state index contributed by atoms with van der Waals surface area (Å²) in [5.74, 6) is -4.08. The van der Waals surface area contributed by atoms with Crippen molar-refractivity contribution >= 4 is 40.4 Å². The molecule has 1 unspecified atom stereocenters. The molecule has 0 saturated carbocycles. The largest absolute Gasteiger partial charge is 0.378 e. The summed E-state index contributed by atoms with van der Waals surface area (Å²) < 4.78 is 5.39. The number of fused-ring (bicyclic) bond motifs is 1. The van der Waals surface area contributed by atoms with E-state index in [1.54, 1.807) is 6.20 Å². The third-order valence-corrected chi connectivity index (χ3v) is 9.19. The molecule has 4 aromatic rings. The Labute approximate surface area is 290 Å². The number of aromatic amines is 1. The lowest BCUT2D eigenvalue weighted by molar-refractivity contribution is -0.148. The number of H-pyrrole nitrogens is 1. The Morgan fingerprint density at radius 2 is 1.32 bits per heavy atom. The number of rotatable bonds is 7. The van der Waals surface area contributed by atoms with E-state index in [-0.39, 0.29) is 19.4 Å². The van der Waals surface area contributed by atoms with Crippen molar-refractivity contribution in [2.24, 2.45) is 5.92 Å². The first-order valence-electron chi connectivity index (χ1n) is 17.0. The van der Waals surface area contributed by atoms with Crippen molar-refractivity contribution in [2.75, 3.05) is 32.8 Å². The normalized spacial score (nSPS) is 22.5. The molecule has 0 aliphatic carbocycles. The molecule has 5 N–H and O–H groups in total. The lowest BCUT2D eigenvalue weighted by Gasteiger charge is -2.31. The third kappa shape index (κ3) is 8.75. The van der Waals surface area contributed by atoms with Gasteiger partial charge in [-0.2, -0.15) is 0 Å². The minimum Gasteiger partial charge on any atom is -0.378 e. The fourth-order valence-electron chi connectivity index (χ4n) is 6.52. The number of amides is 5. The van der Waals surface area contributed by atoms with E-state index >= 15 is 0 Å². The highest BCUT2D eigenvalue weighted by Crippen LogP contribution is 2.20. The summed E-state index contributed by atoms with van der Waals surface area (Å²) in [6, 6.07) is 23.8. The van der Waals surface area contributed by atoms with Crippen molar-refractivity contribution in [3.05, 3.63) is 108 Å². The van der Waals surface area contributed by atoms with E-state index in [4.69, 9.17) is 4.74 Å². The SMILES string of the molecule is O=C1CC(C(=O)N2CCOCC2)C(=O)NC[C@H](Cc2ccccc2)NC(=O)[C@H](Cc2ccccc2)NC(=O)[C@H](Cc2c[nH]c3ccccc23)N1. The van der Waals surface area contributed by atoms with Crippen LogP contribution in [0.1, 0.15) is 23.1 Å². The molecule has 2 fully saturated rings. The number of hydrogen-bond donors (Lipinski definition) is 5. The number of aromatic nitrogens is 1. The quantitative estimate of drug-likeness (QED) is 0.187. The van der Waals surface area contributed by atoms with Gasteiger partial charge in [0.1, 0.15) is 18.0 Å². The molecule has 1 aromatic heterocycles. The summed E-state index contributed by atoms with van der Waals surface area (Å²) in [5.41, 5.74) is 3.42. The maximum Gasteiger partial charge on any atom is 0.243 e. The van der Waals surface area contributed by atoms with Gasteiger partial charge >= 0.3 is 0 Å². The van der Waals surface area contributed by atoms with E-state index in [1.807, 2.05) is 84.9 Å². The number of ether oxygens (including phenoxy) is 1. The predicted octanol–water partition coefficient (Wildman–Crippen LogP) is 1.65. The lowest BCUT2D eigenvalue weighted by Crippen LogP contribution is -2.58. The Kier molecular flexibility index (Phi) is 11.2. The Hall–Kier alpha value is -5.49. The van der Waals surface area contributed by atoms with Crippen LogP contribution >= 0.6 is 0 Å². The fourth-order valence-corrected chi connectivity index (χ4v) is 6.52. The van der Waals surface area contributed by atoms with Crippen LogP contribution in [0.15, 0.2) is 91.1 Å². The number of morpholine rings is 1. The molecule has 12 nitrogen and oxygen atoms in total. The van der Waals surface area contributed by atoms with Gasteiger partial charge in [-0.3, -0.25) is 24.0 Å². The van der Waals surface area contributed by atoms with Crippen LogP contribution in [-0.4, -0.2) is 90.4 Å². The summed E-state index contributed by atoms with van der Waals surface area (Å²) >= 11 is 0. The highest BCUT2D eigenvalue weighted by atomic mass is 16.5. The average Bonchev–Trinajstić information content (AvgIpc) is 3.55. The zero-order valence-electron chi connectivity index (χ0n) is 27.7. The first-order valence-corrected chi connectivity index (χ1v) is 17.0. The van der Waals surface area contributed by atoms with Crippen molar-refractivity contribution in [3.8, 4) is 0 Å². The van der Waals surface area contributed by atoms with Gasteiger partial charge in [0, 0.05) is 56.0 Å². The van der Waals surface area contributed by atoms with Gasteiger partial charge in [-0.1, -0.05) is 78.9 Å². The van der Waals surface area contributed by atoms with E-state index in [9.17, 15) is 24.0 Å². The van der Waals surface area contributed by atoms with Gasteiger partial charge < -0.3 is 35.9 Å². The van der Waals surface area contributed by atoms with E-state index in [2.05, 4.69) is 26.3 Å². The van der Waals surface area contributed by atoms with E-state index < -0.39 is 60.0 Å². The zero-order valence-corrected chi connectivity index (χ0v) is 27.7. The molecule has 12 heteroatoms. The maximum atomic E-state index is 14.2. The van der Waals surface area contributed by atoms with Crippen LogP contribution in [0.5, 0.6) is 0 Å². The van der Waals surface area contributed by atoms with Crippen LogP contribution in [0, 0.1) is 5.92 Å². The standard InChI is InChI=1S/C38H42N6O6/c45-34-22-30(38(49)44-15-17-50-18-16-44)35(46)40-24-28(19-25-9-3-1-4-10-25)41-36(47)32(20-26-11-5-2-6-12-26)43-37(48)33(42-34)21-27-23-39-31-14-8-7-13-29(27)31/h1-14,23,28,30,32-33,39H,15-22,24H2,(H,40,46)(H,41,47)(H,42,45)(H,43,48)/t28-,30?,32-,33-/m0/s1. The molecule has 2 aliphatic heterocycles. The first kappa shape index (κ1) is 34.4. The second-order valence-electron chi connectivity index (χ2n) is 12.8. The number of para-hydroxylation sites is 1. The van der Waals surface area contributed by atoms with Crippen LogP contribution in [0.4, 0.5) is 0 Å². The molecule has 0 radical (unpaired) electrons. The molecule has 3 heterocycles. The maximum absolute atomic E-state index is 14.2. The second kappa shape index (κ2) is 16.3. The van der Waals surface area contributed by atoms with Crippen molar-refractivity contribution in [1.82, 2.24) is 31.2 Å². The number of nitrogens with one attached hydrogen (secondary N) is 5. The van der Waals surface area contributed by atoms with E-state index in [1.165, 1.54) is 4.90 Å². The second-order valence-corrected chi connectivity index (χ2v) is 12.8. The van der Waals surface area contributed by atoms with E-state index in [0.717, 1.165) is 27.6 Å². The van der Waals surface area contributed by atoms with Gasteiger partial charge in [-0.05, 0) is 29.2 Å². The first-order chi connectivity index (χ1) is 24.3. The number of nitrogens with zero attached hydrogens (tertiary/aromatic N) is 1. The van der Waals surface area contributed by atoms with Crippen LogP contribution in [-0.2, 0) is 48.0 Å². The molecule has 0 spiro atoms. The monoisotopic (exact) mass is 678 g/mol. The molecule has 2 aliphatic rings. The predicted molar refractivity (Wildman–Crippen MR) is 187 cm³/mol. The number of carbonyl (C=O) groups excluding carboxylic acids is 5. The van der Waals surface area contributed by atoms with Crippen molar-refractivity contribution in [2.45, 2.75) is 43.8 Å². The minimum atomic E-state index is -1.34. The van der Waals surface area contributed by atoms with Gasteiger partial charge in [0.15, 0.2) is 0 Å². The Morgan fingerprint density at radius 3 is 2.04 bits per heavy atom. The average molecular weight is 679 g/mol. The molecule has 6 rings (SSSR count). The molecule has 50 heavy (non-hydrogen) atoms. The molecular formula is C38H42N6O6. The lowest BCUT2D eigenvalue weighted by atomic mass is 9.98. The van der Waals surface area contributed by atoms with Crippen LogP contribution < -0.4 is 21.3 Å². The summed E-state index contributed by atoms with van der Waals surface area (Å²) in [7, 11) is 0. The molecule has 5 amide bonds. The van der Waals surface area contributed by atoms with Crippen LogP contribution in [0.3, 0.4) is 0 Å². The van der Waals surface area contributed by atoms with Crippen molar-refractivity contribution in [3.63, 3.8) is 0 Å². The van der Waals surface area contributed by atoms with Gasteiger partial charge in [-0.15, -0.1) is 0 Å². The van der Waals surface area contributed by atoms with E-state index in [0.29, 0.717) is 32.7 Å². The number of hydrogen-bond acceptors (Lipinski definition) is 6. The smallest absolute Gasteiger partial charge is 0.243 e. The van der Waals surface area contributed by atoms with Gasteiger partial charge in [0.05, 0.1) is 19.3 Å². The molecule has 4 atom stereocenters. The molecular weight excluding hydrogens is 636 g/mol. The molecule has 2 saturated heterocycles. The van der Waals surface area contributed by atoms with Gasteiger partial charge in [0.25, 0.3) is 0 Å². The number of carbonyl (C=O) groups is 5. The minimum absolute atomic E-state index is 0.00314. The highest BCUT2D eigenvalue weighted by molar-refractivity contribution is 6.04. The fraction of sp³-hybridized carbons (Fsp3) is 0.342. The summed E-state index contributed by atoms with van der Waals surface area (Å²) in [6.07, 6.45) is 2.02. The summed E-state index contributed by atoms with van der Waals surface area (Å²) in [4.78, 5) is 74.2. The molecule has 3 aromatic carbocycles. The van der Waals surface area contributed by atoms with Gasteiger partial charge in [0.2, 0.25) is 29.5 Å². The Morgan fingerprint density at radius 1 is 0.700 bits per heavy atom. The number of benzene rings is 3. The summed E-state index contributed by atoms with van der Waals surface area (Å²) in [5, 5.41) is 12.5. The third-order valence-electron chi connectivity index (χ3n) is 9.19. The van der Waals surface area contributed by atoms with Crippen LogP contribution in [0.2, 0.25) is 0 Å². The highest BCUT2D eigenvalue weighted by Gasteiger charge is 2.36. The summed E-state index contributed by atoms with van der Waals surface area (Å²) in [6.45, 7) is 1.25. The van der Waals surface area contributed by atoms with Gasteiger partial charge in [-0.25, -0.2) is 0 Å². The van der Waals surface area contributed by atoms with Crippen LogP contribution in [0.25, 0.3) is 10.9 Å². The zero-order chi connectivity index (χ0) is 34.9. The topological polar surface area (TPSA) is 162 Å². The molecule has 0 bridgehead atoms. The molecule has 260 valence electrons.